The normalized spacial score (nSPS) is 18.2. The second-order valence-electron chi connectivity index (χ2n) is 4.33. The molecule has 84 valence electrons. The summed E-state index contributed by atoms with van der Waals surface area (Å²) >= 11 is 0. The van der Waals surface area contributed by atoms with Crippen LogP contribution in [0, 0.1) is 0 Å². The van der Waals surface area contributed by atoms with E-state index in [2.05, 4.69) is 24.3 Å². The first-order valence-electron chi connectivity index (χ1n) is 5.76. The lowest BCUT2D eigenvalue weighted by Gasteiger charge is -2.13. The molecule has 1 fully saturated rings. The highest BCUT2D eigenvalue weighted by atomic mass is 16.5. The summed E-state index contributed by atoms with van der Waals surface area (Å²) in [6, 6.07) is 0. The van der Waals surface area contributed by atoms with Crippen LogP contribution in [0.2, 0.25) is 0 Å². The van der Waals surface area contributed by atoms with Crippen LogP contribution in [0.4, 0.5) is 0 Å². The fourth-order valence-corrected chi connectivity index (χ4v) is 1.78. The largest absolute Gasteiger partial charge is 0.377 e. The molecule has 1 aliphatic carbocycles. The second-order valence-corrected chi connectivity index (χ2v) is 4.33. The number of hydrogen-bond acceptors (Lipinski definition) is 3. The van der Waals surface area contributed by atoms with E-state index in [1.54, 1.807) is 0 Å². The fourth-order valence-electron chi connectivity index (χ4n) is 1.78. The van der Waals surface area contributed by atoms with Gasteiger partial charge in [0.2, 0.25) is 0 Å². The summed E-state index contributed by atoms with van der Waals surface area (Å²) < 4.78 is 5.73. The Morgan fingerprint density at radius 3 is 2.57 bits per heavy atom. The highest BCUT2D eigenvalue weighted by Crippen LogP contribution is 2.20. The lowest BCUT2D eigenvalue weighted by atomic mass is 10.3. The van der Waals surface area contributed by atoms with Gasteiger partial charge in [0, 0.05) is 19.6 Å². The minimum absolute atomic E-state index is 0.561. The van der Waals surface area contributed by atoms with E-state index >= 15 is 0 Å². The van der Waals surface area contributed by atoms with Crippen molar-refractivity contribution in [2.24, 2.45) is 0 Å². The average molecular weight is 200 g/mol. The van der Waals surface area contributed by atoms with Crippen molar-refractivity contribution in [2.75, 3.05) is 40.3 Å². The molecule has 1 N–H and O–H groups in total. The van der Waals surface area contributed by atoms with Crippen LogP contribution in [0.3, 0.4) is 0 Å². The molecular weight excluding hydrogens is 176 g/mol. The number of hydrogen-bond donors (Lipinski definition) is 1. The van der Waals surface area contributed by atoms with Crippen LogP contribution in [0.15, 0.2) is 0 Å². The molecule has 14 heavy (non-hydrogen) atoms. The zero-order chi connectivity index (χ0) is 10.2. The molecule has 1 rings (SSSR count). The number of nitrogens with zero attached hydrogens (tertiary/aromatic N) is 1. The third kappa shape index (κ3) is 5.58. The number of rotatable bonds is 7. The maximum absolute atomic E-state index is 5.73. The summed E-state index contributed by atoms with van der Waals surface area (Å²) in [7, 11) is 4.19. The highest BCUT2D eigenvalue weighted by molar-refractivity contribution is 4.66. The maximum Gasteiger partial charge on any atom is 0.0594 e. The minimum Gasteiger partial charge on any atom is -0.377 e. The molecule has 0 amide bonds. The van der Waals surface area contributed by atoms with E-state index in [1.807, 2.05) is 0 Å². The van der Waals surface area contributed by atoms with Crippen LogP contribution < -0.4 is 5.32 Å². The van der Waals surface area contributed by atoms with Gasteiger partial charge < -0.3 is 15.0 Å². The topological polar surface area (TPSA) is 24.5 Å². The molecule has 0 saturated heterocycles. The van der Waals surface area contributed by atoms with Crippen molar-refractivity contribution in [3.63, 3.8) is 0 Å². The predicted octanol–water partition coefficient (Wildman–Crippen LogP) is 1.10. The molecule has 3 nitrogen and oxygen atoms in total. The van der Waals surface area contributed by atoms with Crippen molar-refractivity contribution in [1.29, 1.82) is 0 Å². The van der Waals surface area contributed by atoms with Crippen LogP contribution >= 0.6 is 0 Å². The molecule has 0 aromatic carbocycles. The van der Waals surface area contributed by atoms with E-state index < -0.39 is 0 Å². The Morgan fingerprint density at radius 1 is 1.21 bits per heavy atom. The third-order valence-electron chi connectivity index (χ3n) is 2.67. The van der Waals surface area contributed by atoms with Crippen LogP contribution in [0.25, 0.3) is 0 Å². The van der Waals surface area contributed by atoms with Gasteiger partial charge in [0.25, 0.3) is 0 Å². The minimum atomic E-state index is 0.561. The van der Waals surface area contributed by atoms with Gasteiger partial charge in [-0.25, -0.2) is 0 Å². The fraction of sp³-hybridized carbons (Fsp3) is 1.00. The van der Waals surface area contributed by atoms with E-state index in [4.69, 9.17) is 4.74 Å². The van der Waals surface area contributed by atoms with E-state index in [1.165, 1.54) is 25.7 Å². The molecule has 0 unspecified atom stereocenters. The Labute approximate surface area is 87.8 Å². The number of likely N-dealkylation sites (N-methyl/N-ethyl adjacent to an activating group) is 1. The van der Waals surface area contributed by atoms with E-state index in [0.717, 1.165) is 26.2 Å². The Balaban J connectivity index is 1.79. The lowest BCUT2D eigenvalue weighted by molar-refractivity contribution is 0.0603. The van der Waals surface area contributed by atoms with Crippen molar-refractivity contribution < 1.29 is 4.74 Å². The van der Waals surface area contributed by atoms with Crippen LogP contribution in [-0.2, 0) is 4.74 Å². The first-order valence-corrected chi connectivity index (χ1v) is 5.76. The van der Waals surface area contributed by atoms with Gasteiger partial charge in [0.15, 0.2) is 0 Å². The smallest absolute Gasteiger partial charge is 0.0594 e. The molecule has 0 atom stereocenters. The molecule has 1 aliphatic rings. The standard InChI is InChI=1S/C11H24N2O/c1-13(2)9-7-12-8-10-14-11-5-3-4-6-11/h11-12H,3-10H2,1-2H3. The van der Waals surface area contributed by atoms with E-state index in [0.29, 0.717) is 6.10 Å². The van der Waals surface area contributed by atoms with Crippen molar-refractivity contribution in [2.45, 2.75) is 31.8 Å². The van der Waals surface area contributed by atoms with Crippen molar-refractivity contribution >= 4 is 0 Å². The summed E-state index contributed by atoms with van der Waals surface area (Å²) in [5.41, 5.74) is 0. The van der Waals surface area contributed by atoms with Crippen molar-refractivity contribution in [3.8, 4) is 0 Å². The third-order valence-corrected chi connectivity index (χ3v) is 2.67. The molecule has 0 spiro atoms. The van der Waals surface area contributed by atoms with Crippen molar-refractivity contribution in [1.82, 2.24) is 10.2 Å². The Hall–Kier alpha value is -0.120. The van der Waals surface area contributed by atoms with E-state index in [9.17, 15) is 0 Å². The molecule has 0 aromatic rings. The molecule has 1 saturated carbocycles. The monoisotopic (exact) mass is 200 g/mol. The van der Waals surface area contributed by atoms with Gasteiger partial charge in [-0.1, -0.05) is 12.8 Å². The Kier molecular flexibility index (Phi) is 6.15. The Bertz CT molecular complexity index is 133. The van der Waals surface area contributed by atoms with Gasteiger partial charge in [-0.15, -0.1) is 0 Å². The summed E-state index contributed by atoms with van der Waals surface area (Å²) in [6.07, 6.45) is 5.83. The summed E-state index contributed by atoms with van der Waals surface area (Å²) in [5, 5.41) is 3.37. The molecule has 0 aromatic heterocycles. The predicted molar refractivity (Wildman–Crippen MR) is 59.6 cm³/mol. The molecule has 0 bridgehead atoms. The van der Waals surface area contributed by atoms with Gasteiger partial charge >= 0.3 is 0 Å². The second kappa shape index (κ2) is 7.21. The van der Waals surface area contributed by atoms with Crippen LogP contribution in [0.1, 0.15) is 25.7 Å². The molecule has 0 aliphatic heterocycles. The van der Waals surface area contributed by atoms with Crippen molar-refractivity contribution in [3.05, 3.63) is 0 Å². The van der Waals surface area contributed by atoms with Gasteiger partial charge in [-0.2, -0.15) is 0 Å². The summed E-state index contributed by atoms with van der Waals surface area (Å²) in [5.74, 6) is 0. The summed E-state index contributed by atoms with van der Waals surface area (Å²) in [6.45, 7) is 4.02. The highest BCUT2D eigenvalue weighted by Gasteiger charge is 2.14. The molecule has 0 heterocycles. The first-order chi connectivity index (χ1) is 6.79. The SMILES string of the molecule is CN(C)CCNCCOC1CCCC1. The molecular formula is C11H24N2O. The number of ether oxygens (including phenoxy) is 1. The quantitative estimate of drug-likeness (QED) is 0.623. The maximum atomic E-state index is 5.73. The first kappa shape index (κ1) is 12.0. The Morgan fingerprint density at radius 2 is 1.93 bits per heavy atom. The van der Waals surface area contributed by atoms with Crippen LogP contribution in [-0.4, -0.2) is 51.3 Å². The lowest BCUT2D eigenvalue weighted by Crippen LogP contribution is -2.29. The molecule has 0 radical (unpaired) electrons. The number of nitrogens with one attached hydrogen (secondary N) is 1. The average Bonchev–Trinajstić information content (AvgIpc) is 2.63. The van der Waals surface area contributed by atoms with Gasteiger partial charge in [0.1, 0.15) is 0 Å². The van der Waals surface area contributed by atoms with Gasteiger partial charge in [-0.05, 0) is 26.9 Å². The van der Waals surface area contributed by atoms with Gasteiger partial charge in [0.05, 0.1) is 12.7 Å². The molecule has 3 heteroatoms. The zero-order valence-corrected chi connectivity index (χ0v) is 9.59. The summed E-state index contributed by atoms with van der Waals surface area (Å²) in [4.78, 5) is 2.19. The van der Waals surface area contributed by atoms with Gasteiger partial charge in [-0.3, -0.25) is 0 Å². The van der Waals surface area contributed by atoms with E-state index in [-0.39, 0.29) is 0 Å². The zero-order valence-electron chi connectivity index (χ0n) is 9.59. The van der Waals surface area contributed by atoms with Crippen LogP contribution in [0.5, 0.6) is 0 Å².